The van der Waals surface area contributed by atoms with Crippen LogP contribution in [0, 0.1) is 12.3 Å². The van der Waals surface area contributed by atoms with Crippen molar-refractivity contribution in [1.29, 1.82) is 0 Å². The van der Waals surface area contributed by atoms with Crippen LogP contribution in [0.15, 0.2) is 36.5 Å². The van der Waals surface area contributed by atoms with Crippen molar-refractivity contribution in [1.82, 2.24) is 14.5 Å². The molecule has 4 nitrogen and oxygen atoms in total. The van der Waals surface area contributed by atoms with Crippen LogP contribution in [0.5, 0.6) is 0 Å². The van der Waals surface area contributed by atoms with Gasteiger partial charge in [0.15, 0.2) is 0 Å². The number of hydrogen-bond donors (Lipinski definition) is 1. The first-order valence-corrected chi connectivity index (χ1v) is 7.37. The van der Waals surface area contributed by atoms with Crippen LogP contribution >= 0.6 is 0 Å². The van der Waals surface area contributed by atoms with Gasteiger partial charge < -0.3 is 10.2 Å². The number of aryl methyl sites for hydroxylation is 1. The fourth-order valence-corrected chi connectivity index (χ4v) is 2.64. The van der Waals surface area contributed by atoms with Crippen molar-refractivity contribution in [3.05, 3.63) is 42.2 Å². The van der Waals surface area contributed by atoms with Gasteiger partial charge in [-0.25, -0.2) is 4.98 Å². The van der Waals surface area contributed by atoms with E-state index in [1.165, 1.54) is 0 Å². The van der Waals surface area contributed by atoms with E-state index in [0.717, 1.165) is 30.4 Å². The Labute approximate surface area is 127 Å². The van der Waals surface area contributed by atoms with E-state index in [9.17, 15) is 0 Å². The maximum absolute atomic E-state index is 4.61. The van der Waals surface area contributed by atoms with E-state index in [2.05, 4.69) is 66.0 Å². The molecule has 0 spiro atoms. The lowest BCUT2D eigenvalue weighted by Crippen LogP contribution is -2.34. The van der Waals surface area contributed by atoms with E-state index in [-0.39, 0.29) is 5.41 Å². The highest BCUT2D eigenvalue weighted by atomic mass is 15.2. The molecule has 2 aromatic rings. The highest BCUT2D eigenvalue weighted by Crippen LogP contribution is 2.20. The van der Waals surface area contributed by atoms with Crippen molar-refractivity contribution in [2.24, 2.45) is 5.41 Å². The zero-order chi connectivity index (χ0) is 15.5. The SMILES string of the molecule is Cc1cn(-c2ccccc2)c(NCC(C)(C)CN(C)C)n1. The summed E-state index contributed by atoms with van der Waals surface area (Å²) in [5.74, 6) is 0.908. The maximum Gasteiger partial charge on any atom is 0.207 e. The molecule has 1 N–H and O–H groups in total. The summed E-state index contributed by atoms with van der Waals surface area (Å²) in [5, 5.41) is 3.50. The summed E-state index contributed by atoms with van der Waals surface area (Å²) in [4.78, 5) is 6.83. The van der Waals surface area contributed by atoms with Gasteiger partial charge in [-0.1, -0.05) is 32.0 Å². The molecule has 1 aromatic carbocycles. The van der Waals surface area contributed by atoms with Crippen molar-refractivity contribution >= 4 is 5.95 Å². The Hall–Kier alpha value is -1.81. The fourth-order valence-electron chi connectivity index (χ4n) is 2.64. The molecule has 114 valence electrons. The molecule has 0 aliphatic heterocycles. The number of nitrogens with zero attached hydrogens (tertiary/aromatic N) is 3. The molecule has 0 saturated carbocycles. The Morgan fingerprint density at radius 1 is 1.19 bits per heavy atom. The van der Waals surface area contributed by atoms with Crippen LogP contribution in [-0.4, -0.2) is 41.6 Å². The summed E-state index contributed by atoms with van der Waals surface area (Å²) in [6.07, 6.45) is 2.07. The van der Waals surface area contributed by atoms with E-state index in [1.807, 2.05) is 25.1 Å². The molecule has 1 aromatic heterocycles. The number of imidazole rings is 1. The van der Waals surface area contributed by atoms with Crippen LogP contribution in [-0.2, 0) is 0 Å². The predicted octanol–water partition coefficient (Wildman–Crippen LogP) is 3.18. The maximum atomic E-state index is 4.61. The number of rotatable bonds is 6. The molecule has 0 radical (unpaired) electrons. The van der Waals surface area contributed by atoms with E-state index < -0.39 is 0 Å². The Kier molecular flexibility index (Phi) is 4.68. The van der Waals surface area contributed by atoms with Gasteiger partial charge in [0.1, 0.15) is 0 Å². The van der Waals surface area contributed by atoms with Crippen LogP contribution in [0.2, 0.25) is 0 Å². The summed E-state index contributed by atoms with van der Waals surface area (Å²) in [7, 11) is 4.22. The van der Waals surface area contributed by atoms with Crippen LogP contribution in [0.3, 0.4) is 0 Å². The van der Waals surface area contributed by atoms with Gasteiger partial charge in [0.2, 0.25) is 5.95 Å². The van der Waals surface area contributed by atoms with Crippen LogP contribution in [0.25, 0.3) is 5.69 Å². The van der Waals surface area contributed by atoms with Gasteiger partial charge in [-0.15, -0.1) is 0 Å². The fraction of sp³-hybridized carbons (Fsp3) is 0.471. The lowest BCUT2D eigenvalue weighted by Gasteiger charge is -2.28. The predicted molar refractivity (Wildman–Crippen MR) is 89.1 cm³/mol. The summed E-state index contributed by atoms with van der Waals surface area (Å²) >= 11 is 0. The molecule has 0 saturated heterocycles. The zero-order valence-corrected chi connectivity index (χ0v) is 13.7. The van der Waals surface area contributed by atoms with Gasteiger partial charge in [0.25, 0.3) is 0 Å². The van der Waals surface area contributed by atoms with Gasteiger partial charge >= 0.3 is 0 Å². The topological polar surface area (TPSA) is 33.1 Å². The number of para-hydroxylation sites is 1. The molecule has 0 aliphatic rings. The molecule has 0 aliphatic carbocycles. The standard InChI is InChI=1S/C17H26N4/c1-14-11-21(15-9-7-6-8-10-15)16(19-14)18-12-17(2,3)13-20(4)5/h6-11H,12-13H2,1-5H3,(H,18,19). The molecule has 0 unspecified atom stereocenters. The minimum atomic E-state index is 0.185. The molecule has 0 amide bonds. The smallest absolute Gasteiger partial charge is 0.207 e. The monoisotopic (exact) mass is 286 g/mol. The second-order valence-electron chi connectivity index (χ2n) is 6.67. The molecule has 0 bridgehead atoms. The number of hydrogen-bond acceptors (Lipinski definition) is 3. The van der Waals surface area contributed by atoms with Crippen LogP contribution in [0.4, 0.5) is 5.95 Å². The average molecular weight is 286 g/mol. The normalized spacial score (nSPS) is 11.9. The van der Waals surface area contributed by atoms with E-state index in [4.69, 9.17) is 0 Å². The molecule has 21 heavy (non-hydrogen) atoms. The summed E-state index contributed by atoms with van der Waals surface area (Å²) in [5.41, 5.74) is 2.34. The van der Waals surface area contributed by atoms with Crippen molar-refractivity contribution < 1.29 is 0 Å². The summed E-state index contributed by atoms with van der Waals surface area (Å²) in [6.45, 7) is 8.47. The van der Waals surface area contributed by atoms with Crippen molar-refractivity contribution in [2.75, 3.05) is 32.5 Å². The van der Waals surface area contributed by atoms with E-state index >= 15 is 0 Å². The quantitative estimate of drug-likeness (QED) is 0.885. The molecule has 0 atom stereocenters. The number of benzene rings is 1. The molecular weight excluding hydrogens is 260 g/mol. The van der Waals surface area contributed by atoms with Gasteiger partial charge in [0, 0.05) is 25.0 Å². The van der Waals surface area contributed by atoms with Crippen molar-refractivity contribution in [2.45, 2.75) is 20.8 Å². The van der Waals surface area contributed by atoms with Gasteiger partial charge in [-0.05, 0) is 38.6 Å². The minimum absolute atomic E-state index is 0.185. The number of nitrogens with one attached hydrogen (secondary N) is 1. The third-order valence-corrected chi connectivity index (χ3v) is 3.33. The first-order valence-electron chi connectivity index (χ1n) is 7.37. The Morgan fingerprint density at radius 3 is 2.48 bits per heavy atom. The number of aromatic nitrogens is 2. The second kappa shape index (κ2) is 6.31. The Bertz CT molecular complexity index is 570. The molecule has 0 fully saturated rings. The second-order valence-corrected chi connectivity index (χ2v) is 6.67. The Balaban J connectivity index is 2.14. The lowest BCUT2D eigenvalue weighted by molar-refractivity contribution is 0.254. The first kappa shape index (κ1) is 15.6. The molecule has 1 heterocycles. The van der Waals surface area contributed by atoms with Crippen molar-refractivity contribution in [3.8, 4) is 5.69 Å². The third kappa shape index (κ3) is 4.33. The van der Waals surface area contributed by atoms with E-state index in [1.54, 1.807) is 0 Å². The highest BCUT2D eigenvalue weighted by molar-refractivity contribution is 5.43. The zero-order valence-electron chi connectivity index (χ0n) is 13.7. The van der Waals surface area contributed by atoms with Crippen molar-refractivity contribution in [3.63, 3.8) is 0 Å². The third-order valence-electron chi connectivity index (χ3n) is 3.33. The first-order chi connectivity index (χ1) is 9.87. The van der Waals surface area contributed by atoms with Gasteiger partial charge in [0.05, 0.1) is 5.69 Å². The van der Waals surface area contributed by atoms with Gasteiger partial charge in [-0.3, -0.25) is 4.57 Å². The minimum Gasteiger partial charge on any atom is -0.355 e. The van der Waals surface area contributed by atoms with Gasteiger partial charge in [-0.2, -0.15) is 0 Å². The highest BCUT2D eigenvalue weighted by Gasteiger charge is 2.20. The summed E-state index contributed by atoms with van der Waals surface area (Å²) in [6, 6.07) is 10.3. The van der Waals surface area contributed by atoms with Crippen LogP contribution in [0.1, 0.15) is 19.5 Å². The van der Waals surface area contributed by atoms with E-state index in [0.29, 0.717) is 0 Å². The molecule has 2 rings (SSSR count). The van der Waals surface area contributed by atoms with Crippen LogP contribution < -0.4 is 5.32 Å². The number of anilines is 1. The molecule has 4 heteroatoms. The lowest BCUT2D eigenvalue weighted by atomic mass is 9.93. The largest absolute Gasteiger partial charge is 0.355 e. The Morgan fingerprint density at radius 2 is 1.86 bits per heavy atom. The molecular formula is C17H26N4. The average Bonchev–Trinajstić information content (AvgIpc) is 2.77. The summed E-state index contributed by atoms with van der Waals surface area (Å²) < 4.78 is 2.11.